The first kappa shape index (κ1) is 25.6. The third kappa shape index (κ3) is 6.37. The van der Waals surface area contributed by atoms with E-state index in [1.54, 1.807) is 18.2 Å². The Kier molecular flexibility index (Phi) is 7.84. The normalized spacial score (nSPS) is 15.5. The van der Waals surface area contributed by atoms with Crippen molar-refractivity contribution in [2.24, 2.45) is 0 Å². The van der Waals surface area contributed by atoms with Crippen LogP contribution in [-0.2, 0) is 22.2 Å². The molecular weight excluding hydrogens is 485 g/mol. The van der Waals surface area contributed by atoms with Crippen LogP contribution in [0.2, 0.25) is 0 Å². The SMILES string of the molecule is CC(CCc1ccccc1)NC(=O)CN1C(=O)/C(=C/c2ccc(C(F)(F)F)cc2)Sc2ccccc21. The average Bonchev–Trinajstić information content (AvgIpc) is 2.85. The third-order valence-corrected chi connectivity index (χ3v) is 6.86. The number of benzene rings is 3. The number of hydrogen-bond acceptors (Lipinski definition) is 3. The van der Waals surface area contributed by atoms with Crippen LogP contribution in [0.4, 0.5) is 18.9 Å². The van der Waals surface area contributed by atoms with Crippen molar-refractivity contribution in [3.63, 3.8) is 0 Å². The molecule has 0 aliphatic carbocycles. The van der Waals surface area contributed by atoms with Gasteiger partial charge in [0.25, 0.3) is 5.91 Å². The van der Waals surface area contributed by atoms with E-state index in [1.807, 2.05) is 49.4 Å². The maximum absolute atomic E-state index is 13.3. The molecule has 4 rings (SSSR count). The molecule has 4 nitrogen and oxygen atoms in total. The Hall–Kier alpha value is -3.52. The van der Waals surface area contributed by atoms with E-state index in [9.17, 15) is 22.8 Å². The predicted octanol–water partition coefficient (Wildman–Crippen LogP) is 6.32. The minimum Gasteiger partial charge on any atom is -0.352 e. The molecule has 0 aromatic heterocycles. The number of rotatable bonds is 7. The smallest absolute Gasteiger partial charge is 0.352 e. The fourth-order valence-electron chi connectivity index (χ4n) is 3.90. The molecule has 0 spiro atoms. The molecule has 36 heavy (non-hydrogen) atoms. The summed E-state index contributed by atoms with van der Waals surface area (Å²) in [7, 11) is 0. The van der Waals surface area contributed by atoms with Crippen LogP contribution >= 0.6 is 11.8 Å². The van der Waals surface area contributed by atoms with Crippen molar-refractivity contribution < 1.29 is 22.8 Å². The standard InChI is InChI=1S/C28H25F3N2O2S/c1-19(11-12-20-7-3-2-4-8-20)32-26(34)18-33-23-9-5-6-10-24(23)36-25(27(33)35)17-21-13-15-22(16-14-21)28(29,30)31/h2-10,13-17,19H,11-12,18H2,1H3,(H,32,34)/b25-17-. The quantitative estimate of drug-likeness (QED) is 0.378. The van der Waals surface area contributed by atoms with Crippen LogP contribution in [0.25, 0.3) is 6.08 Å². The van der Waals surface area contributed by atoms with Gasteiger partial charge in [0.15, 0.2) is 0 Å². The van der Waals surface area contributed by atoms with Crippen LogP contribution in [0, 0.1) is 0 Å². The number of anilines is 1. The Morgan fingerprint density at radius 1 is 1.00 bits per heavy atom. The van der Waals surface area contributed by atoms with Gasteiger partial charge >= 0.3 is 6.18 Å². The second-order valence-corrected chi connectivity index (χ2v) is 9.67. The number of nitrogens with one attached hydrogen (secondary N) is 1. The van der Waals surface area contributed by atoms with E-state index in [4.69, 9.17) is 0 Å². The average molecular weight is 511 g/mol. The van der Waals surface area contributed by atoms with E-state index < -0.39 is 11.7 Å². The number of amides is 2. The Morgan fingerprint density at radius 3 is 2.36 bits per heavy atom. The monoisotopic (exact) mass is 510 g/mol. The Bertz CT molecular complexity index is 1260. The van der Waals surface area contributed by atoms with E-state index in [0.29, 0.717) is 16.2 Å². The molecule has 0 bridgehead atoms. The zero-order valence-electron chi connectivity index (χ0n) is 19.6. The van der Waals surface area contributed by atoms with Gasteiger partial charge in [-0.2, -0.15) is 13.2 Å². The maximum atomic E-state index is 13.3. The number of alkyl halides is 3. The number of carbonyl (C=O) groups excluding carboxylic acids is 2. The zero-order valence-corrected chi connectivity index (χ0v) is 20.4. The molecule has 0 fully saturated rings. The molecular formula is C28H25F3N2O2S. The number of para-hydroxylation sites is 1. The van der Waals surface area contributed by atoms with Gasteiger partial charge in [-0.3, -0.25) is 14.5 Å². The van der Waals surface area contributed by atoms with Crippen molar-refractivity contribution in [3.05, 3.63) is 100 Å². The first-order chi connectivity index (χ1) is 17.2. The second-order valence-electron chi connectivity index (χ2n) is 8.58. The van der Waals surface area contributed by atoms with Crippen LogP contribution < -0.4 is 10.2 Å². The van der Waals surface area contributed by atoms with Gasteiger partial charge in [-0.15, -0.1) is 0 Å². The number of hydrogen-bond donors (Lipinski definition) is 1. The topological polar surface area (TPSA) is 49.4 Å². The van der Waals surface area contributed by atoms with Crippen molar-refractivity contribution in [2.75, 3.05) is 11.4 Å². The van der Waals surface area contributed by atoms with Gasteiger partial charge < -0.3 is 5.32 Å². The highest BCUT2D eigenvalue weighted by atomic mass is 32.2. The van der Waals surface area contributed by atoms with Gasteiger partial charge in [0, 0.05) is 10.9 Å². The summed E-state index contributed by atoms with van der Waals surface area (Å²) < 4.78 is 38.7. The number of nitrogens with zero attached hydrogens (tertiary/aromatic N) is 1. The van der Waals surface area contributed by atoms with Gasteiger partial charge in [-0.25, -0.2) is 0 Å². The first-order valence-electron chi connectivity index (χ1n) is 11.5. The van der Waals surface area contributed by atoms with E-state index in [0.717, 1.165) is 29.9 Å². The van der Waals surface area contributed by atoms with Crippen LogP contribution in [0.15, 0.2) is 88.7 Å². The van der Waals surface area contributed by atoms with Crippen molar-refractivity contribution >= 4 is 35.3 Å². The fourth-order valence-corrected chi connectivity index (χ4v) is 4.96. The lowest BCUT2D eigenvalue weighted by atomic mass is 10.1. The Morgan fingerprint density at radius 2 is 1.67 bits per heavy atom. The summed E-state index contributed by atoms with van der Waals surface area (Å²) in [4.78, 5) is 28.7. The summed E-state index contributed by atoms with van der Waals surface area (Å²) in [5.41, 5.74) is 1.53. The molecule has 1 aliphatic heterocycles. The summed E-state index contributed by atoms with van der Waals surface area (Å²) in [5.74, 6) is -0.648. The lowest BCUT2D eigenvalue weighted by Gasteiger charge is -2.30. The molecule has 1 atom stereocenters. The van der Waals surface area contributed by atoms with Gasteiger partial charge in [-0.1, -0.05) is 66.4 Å². The lowest BCUT2D eigenvalue weighted by molar-refractivity contribution is -0.137. The van der Waals surface area contributed by atoms with Crippen LogP contribution in [0.1, 0.15) is 30.0 Å². The number of thioether (sulfide) groups is 1. The minimum atomic E-state index is -4.43. The first-order valence-corrected chi connectivity index (χ1v) is 12.3. The van der Waals surface area contributed by atoms with Crippen molar-refractivity contribution in [1.82, 2.24) is 5.32 Å². The minimum absolute atomic E-state index is 0.0793. The fraction of sp³-hybridized carbons (Fsp3) is 0.214. The molecule has 2 amide bonds. The van der Waals surface area contributed by atoms with Crippen molar-refractivity contribution in [2.45, 2.75) is 36.9 Å². The predicted molar refractivity (Wildman–Crippen MR) is 136 cm³/mol. The van der Waals surface area contributed by atoms with Crippen molar-refractivity contribution in [1.29, 1.82) is 0 Å². The second kappa shape index (κ2) is 11.0. The van der Waals surface area contributed by atoms with Gasteiger partial charge in [0.1, 0.15) is 6.54 Å². The summed E-state index contributed by atoms with van der Waals surface area (Å²) in [6, 6.07) is 21.8. The van der Waals surface area contributed by atoms with Crippen LogP contribution in [0.5, 0.6) is 0 Å². The molecule has 3 aromatic rings. The zero-order chi connectivity index (χ0) is 25.7. The number of carbonyl (C=O) groups is 2. The Labute approximate surface area is 212 Å². The summed E-state index contributed by atoms with van der Waals surface area (Å²) in [6.45, 7) is 1.77. The van der Waals surface area contributed by atoms with E-state index >= 15 is 0 Å². The molecule has 0 radical (unpaired) electrons. The molecule has 1 N–H and O–H groups in total. The van der Waals surface area contributed by atoms with Gasteiger partial charge in [0.2, 0.25) is 5.91 Å². The third-order valence-electron chi connectivity index (χ3n) is 5.79. The Balaban J connectivity index is 1.47. The molecule has 1 unspecified atom stereocenters. The maximum Gasteiger partial charge on any atom is 0.416 e. The molecule has 1 aliphatic rings. The number of aryl methyl sites for hydroxylation is 1. The lowest BCUT2D eigenvalue weighted by Crippen LogP contribution is -2.45. The highest BCUT2D eigenvalue weighted by molar-refractivity contribution is 8.04. The van der Waals surface area contributed by atoms with Gasteiger partial charge in [-0.05, 0) is 61.2 Å². The molecule has 0 saturated carbocycles. The van der Waals surface area contributed by atoms with Crippen LogP contribution in [0.3, 0.4) is 0 Å². The highest BCUT2D eigenvalue weighted by Gasteiger charge is 2.32. The summed E-state index contributed by atoms with van der Waals surface area (Å²) in [6.07, 6.45) is -1.29. The van der Waals surface area contributed by atoms with Gasteiger partial charge in [0.05, 0.1) is 16.2 Å². The highest BCUT2D eigenvalue weighted by Crippen LogP contribution is 2.42. The van der Waals surface area contributed by atoms with E-state index in [-0.39, 0.29) is 24.4 Å². The molecule has 8 heteroatoms. The van der Waals surface area contributed by atoms with E-state index in [2.05, 4.69) is 5.32 Å². The van der Waals surface area contributed by atoms with E-state index in [1.165, 1.54) is 34.4 Å². The molecule has 3 aromatic carbocycles. The van der Waals surface area contributed by atoms with Crippen molar-refractivity contribution in [3.8, 4) is 0 Å². The number of fused-ring (bicyclic) bond motifs is 1. The summed E-state index contributed by atoms with van der Waals surface area (Å²) in [5, 5.41) is 2.97. The largest absolute Gasteiger partial charge is 0.416 e. The molecule has 186 valence electrons. The number of halogens is 3. The molecule has 0 saturated heterocycles. The summed E-state index contributed by atoms with van der Waals surface area (Å²) >= 11 is 1.24. The molecule has 1 heterocycles. The van der Waals surface area contributed by atoms with Crippen LogP contribution in [-0.4, -0.2) is 24.4 Å².